The van der Waals surface area contributed by atoms with E-state index >= 15 is 0 Å². The van der Waals surface area contributed by atoms with Crippen molar-refractivity contribution in [2.75, 3.05) is 10.6 Å². The molecule has 0 aliphatic heterocycles. The Hall–Kier alpha value is -3.28. The smallest absolute Gasteiger partial charge is 0.275 e. The van der Waals surface area contributed by atoms with E-state index in [1.807, 2.05) is 30.3 Å². The normalized spacial score (nSPS) is 10.2. The van der Waals surface area contributed by atoms with E-state index in [0.717, 1.165) is 5.56 Å². The van der Waals surface area contributed by atoms with Crippen LogP contribution < -0.4 is 10.6 Å². The molecule has 5 nitrogen and oxygen atoms in total. The molecular formula is C18H15FN4O. The van der Waals surface area contributed by atoms with Crippen LogP contribution in [0.4, 0.5) is 15.9 Å². The number of benzene rings is 2. The minimum atomic E-state index is -0.442. The zero-order chi connectivity index (χ0) is 16.8. The SMILES string of the molecule is O=C(Nc1cccc(F)c1)c1cnc(NCc2ccccc2)cn1. The van der Waals surface area contributed by atoms with Gasteiger partial charge in [0.1, 0.15) is 17.3 Å². The monoisotopic (exact) mass is 322 g/mol. The maximum absolute atomic E-state index is 13.1. The summed E-state index contributed by atoms with van der Waals surface area (Å²) in [5.41, 5.74) is 1.64. The fourth-order valence-electron chi connectivity index (χ4n) is 2.09. The summed E-state index contributed by atoms with van der Waals surface area (Å²) in [5.74, 6) is -0.289. The predicted octanol–water partition coefficient (Wildman–Crippen LogP) is 3.48. The van der Waals surface area contributed by atoms with Gasteiger partial charge in [0.15, 0.2) is 0 Å². The molecule has 0 atom stereocenters. The molecule has 2 N–H and O–H groups in total. The third kappa shape index (κ3) is 4.13. The third-order valence-corrected chi connectivity index (χ3v) is 3.28. The van der Waals surface area contributed by atoms with Crippen molar-refractivity contribution in [3.63, 3.8) is 0 Å². The standard InChI is InChI=1S/C18H15FN4O/c19-14-7-4-8-15(9-14)23-18(24)16-11-22-17(12-20-16)21-10-13-5-2-1-3-6-13/h1-9,11-12H,10H2,(H,21,22)(H,23,24). The Morgan fingerprint density at radius 1 is 1.00 bits per heavy atom. The first-order chi connectivity index (χ1) is 11.7. The largest absolute Gasteiger partial charge is 0.365 e. The Labute approximate surface area is 138 Å². The Balaban J connectivity index is 1.60. The summed E-state index contributed by atoms with van der Waals surface area (Å²) in [6.07, 6.45) is 2.87. The number of hydrogen-bond donors (Lipinski definition) is 2. The van der Waals surface area contributed by atoms with E-state index in [-0.39, 0.29) is 5.69 Å². The molecule has 3 aromatic rings. The molecule has 0 spiro atoms. The molecule has 0 fully saturated rings. The van der Waals surface area contributed by atoms with Crippen molar-refractivity contribution in [2.45, 2.75) is 6.54 Å². The average molecular weight is 322 g/mol. The molecule has 0 aliphatic carbocycles. The summed E-state index contributed by atoms with van der Waals surface area (Å²) in [5, 5.41) is 5.70. The van der Waals surface area contributed by atoms with Crippen LogP contribution in [0.5, 0.6) is 0 Å². The highest BCUT2D eigenvalue weighted by molar-refractivity contribution is 6.02. The molecule has 120 valence electrons. The average Bonchev–Trinajstić information content (AvgIpc) is 2.61. The van der Waals surface area contributed by atoms with Crippen LogP contribution in [0.2, 0.25) is 0 Å². The van der Waals surface area contributed by atoms with Crippen LogP contribution in [-0.4, -0.2) is 15.9 Å². The Bertz CT molecular complexity index is 822. The van der Waals surface area contributed by atoms with E-state index in [1.54, 1.807) is 6.07 Å². The molecule has 0 radical (unpaired) electrons. The van der Waals surface area contributed by atoms with Crippen LogP contribution in [0.1, 0.15) is 16.1 Å². The molecular weight excluding hydrogens is 307 g/mol. The maximum atomic E-state index is 13.1. The van der Waals surface area contributed by atoms with Gasteiger partial charge in [-0.15, -0.1) is 0 Å². The molecule has 24 heavy (non-hydrogen) atoms. The summed E-state index contributed by atoms with van der Waals surface area (Å²) in [7, 11) is 0. The van der Waals surface area contributed by atoms with Gasteiger partial charge in [-0.25, -0.2) is 14.4 Å². The van der Waals surface area contributed by atoms with E-state index in [0.29, 0.717) is 18.1 Å². The molecule has 0 bridgehead atoms. The summed E-state index contributed by atoms with van der Waals surface area (Å²) in [6.45, 7) is 0.615. The summed E-state index contributed by atoms with van der Waals surface area (Å²) in [4.78, 5) is 20.3. The lowest BCUT2D eigenvalue weighted by Gasteiger charge is -2.07. The van der Waals surface area contributed by atoms with Gasteiger partial charge < -0.3 is 10.6 Å². The van der Waals surface area contributed by atoms with Crippen LogP contribution in [-0.2, 0) is 6.54 Å². The van der Waals surface area contributed by atoms with Crippen molar-refractivity contribution < 1.29 is 9.18 Å². The van der Waals surface area contributed by atoms with E-state index in [1.165, 1.54) is 30.6 Å². The second-order valence-electron chi connectivity index (χ2n) is 5.09. The number of anilines is 2. The van der Waals surface area contributed by atoms with E-state index in [9.17, 15) is 9.18 Å². The van der Waals surface area contributed by atoms with Gasteiger partial charge in [-0.1, -0.05) is 36.4 Å². The van der Waals surface area contributed by atoms with Gasteiger partial charge in [0.05, 0.1) is 12.4 Å². The van der Waals surface area contributed by atoms with Crippen molar-refractivity contribution in [3.8, 4) is 0 Å². The van der Waals surface area contributed by atoms with E-state index < -0.39 is 11.7 Å². The number of rotatable bonds is 5. The summed E-state index contributed by atoms with van der Waals surface area (Å²) < 4.78 is 13.1. The lowest BCUT2D eigenvalue weighted by atomic mass is 10.2. The van der Waals surface area contributed by atoms with Crippen LogP contribution in [0.15, 0.2) is 67.0 Å². The molecule has 0 unspecified atom stereocenters. The molecule has 0 saturated heterocycles. The lowest BCUT2D eigenvalue weighted by molar-refractivity contribution is 0.102. The van der Waals surface area contributed by atoms with E-state index in [4.69, 9.17) is 0 Å². The van der Waals surface area contributed by atoms with Crippen molar-refractivity contribution >= 4 is 17.4 Å². The first-order valence-corrected chi connectivity index (χ1v) is 7.37. The number of carbonyl (C=O) groups is 1. The fourth-order valence-corrected chi connectivity index (χ4v) is 2.09. The van der Waals surface area contributed by atoms with Gasteiger partial charge in [-0.3, -0.25) is 4.79 Å². The molecule has 0 saturated carbocycles. The number of nitrogens with zero attached hydrogens (tertiary/aromatic N) is 2. The Kier molecular flexibility index (Phi) is 4.76. The third-order valence-electron chi connectivity index (χ3n) is 3.28. The first-order valence-electron chi connectivity index (χ1n) is 7.37. The van der Waals surface area contributed by atoms with Gasteiger partial charge in [0.2, 0.25) is 0 Å². The molecule has 2 aromatic carbocycles. The summed E-state index contributed by atoms with van der Waals surface area (Å²) >= 11 is 0. The number of amides is 1. The highest BCUT2D eigenvalue weighted by Gasteiger charge is 2.09. The van der Waals surface area contributed by atoms with Crippen molar-refractivity contribution in [1.82, 2.24) is 9.97 Å². The van der Waals surface area contributed by atoms with Crippen molar-refractivity contribution in [1.29, 1.82) is 0 Å². The van der Waals surface area contributed by atoms with Gasteiger partial charge in [0, 0.05) is 12.2 Å². The van der Waals surface area contributed by atoms with Crippen LogP contribution in [0.3, 0.4) is 0 Å². The van der Waals surface area contributed by atoms with Gasteiger partial charge in [-0.2, -0.15) is 0 Å². The lowest BCUT2D eigenvalue weighted by Crippen LogP contribution is -2.14. The number of hydrogen-bond acceptors (Lipinski definition) is 4. The van der Waals surface area contributed by atoms with E-state index in [2.05, 4.69) is 20.6 Å². The molecule has 0 aliphatic rings. The Morgan fingerprint density at radius 2 is 1.83 bits per heavy atom. The number of halogens is 1. The quantitative estimate of drug-likeness (QED) is 0.755. The minimum Gasteiger partial charge on any atom is -0.365 e. The highest BCUT2D eigenvalue weighted by Crippen LogP contribution is 2.11. The second-order valence-corrected chi connectivity index (χ2v) is 5.09. The molecule has 1 heterocycles. The minimum absolute atomic E-state index is 0.157. The predicted molar refractivity (Wildman–Crippen MR) is 90.2 cm³/mol. The van der Waals surface area contributed by atoms with Gasteiger partial charge in [0.25, 0.3) is 5.91 Å². The Morgan fingerprint density at radius 3 is 2.54 bits per heavy atom. The topological polar surface area (TPSA) is 66.9 Å². The first kappa shape index (κ1) is 15.6. The number of nitrogens with one attached hydrogen (secondary N) is 2. The van der Waals surface area contributed by atoms with Crippen molar-refractivity contribution in [2.24, 2.45) is 0 Å². The zero-order valence-electron chi connectivity index (χ0n) is 12.7. The van der Waals surface area contributed by atoms with Crippen LogP contribution >= 0.6 is 0 Å². The second kappa shape index (κ2) is 7.32. The highest BCUT2D eigenvalue weighted by atomic mass is 19.1. The van der Waals surface area contributed by atoms with Gasteiger partial charge in [-0.05, 0) is 23.8 Å². The molecule has 3 rings (SSSR count). The van der Waals surface area contributed by atoms with Crippen LogP contribution in [0.25, 0.3) is 0 Å². The molecule has 6 heteroatoms. The zero-order valence-corrected chi connectivity index (χ0v) is 12.7. The fraction of sp³-hybridized carbons (Fsp3) is 0.0556. The number of aromatic nitrogens is 2. The summed E-state index contributed by atoms with van der Waals surface area (Å²) in [6, 6.07) is 15.5. The van der Waals surface area contributed by atoms with Crippen LogP contribution in [0, 0.1) is 5.82 Å². The number of carbonyl (C=O) groups excluding carboxylic acids is 1. The maximum Gasteiger partial charge on any atom is 0.275 e. The molecule has 1 amide bonds. The van der Waals surface area contributed by atoms with Gasteiger partial charge >= 0.3 is 0 Å². The van der Waals surface area contributed by atoms with Crippen molar-refractivity contribution in [3.05, 3.63) is 84.1 Å². The molecule has 1 aromatic heterocycles.